The molecule has 0 bridgehead atoms. The molecule has 1 N–H and O–H groups in total. The number of benzene rings is 1. The fraction of sp³-hybridized carbons (Fsp3) is 0.667. The zero-order valence-electron chi connectivity index (χ0n) is 15.6. The Bertz CT molecular complexity index is 519. The second-order valence-electron chi connectivity index (χ2n) is 7.60. The number of piperidine rings is 2. The molecular formula is C21H33N3O. The number of hydrogen-bond acceptors (Lipinski definition) is 3. The largest absolute Gasteiger partial charge is 0.339 e. The molecule has 0 aliphatic carbocycles. The molecule has 2 fully saturated rings. The molecule has 1 aromatic rings. The molecule has 2 aliphatic rings. The summed E-state index contributed by atoms with van der Waals surface area (Å²) in [6, 6.07) is 10.3. The molecule has 4 heteroatoms. The minimum absolute atomic E-state index is 0.192. The van der Waals surface area contributed by atoms with Gasteiger partial charge in [-0.15, -0.1) is 0 Å². The van der Waals surface area contributed by atoms with Crippen molar-refractivity contribution < 1.29 is 4.79 Å². The third-order valence-corrected chi connectivity index (χ3v) is 5.69. The van der Waals surface area contributed by atoms with E-state index in [4.69, 9.17) is 0 Å². The fourth-order valence-corrected chi connectivity index (χ4v) is 4.32. The van der Waals surface area contributed by atoms with E-state index in [1.54, 1.807) is 0 Å². The first kappa shape index (κ1) is 18.4. The van der Waals surface area contributed by atoms with Crippen LogP contribution in [0.25, 0.3) is 0 Å². The van der Waals surface area contributed by atoms with E-state index in [0.717, 1.165) is 37.4 Å². The molecule has 0 aromatic heterocycles. The first-order chi connectivity index (χ1) is 12.3. The van der Waals surface area contributed by atoms with E-state index in [1.165, 1.54) is 45.4 Å². The van der Waals surface area contributed by atoms with Crippen molar-refractivity contribution in [2.24, 2.45) is 5.92 Å². The highest BCUT2D eigenvalue weighted by Crippen LogP contribution is 2.21. The molecule has 0 spiro atoms. The van der Waals surface area contributed by atoms with Crippen LogP contribution in [0, 0.1) is 5.92 Å². The Hall–Kier alpha value is -1.39. The van der Waals surface area contributed by atoms with Gasteiger partial charge in [-0.1, -0.05) is 25.1 Å². The van der Waals surface area contributed by atoms with Gasteiger partial charge < -0.3 is 10.2 Å². The van der Waals surface area contributed by atoms with Gasteiger partial charge in [0, 0.05) is 31.2 Å². The van der Waals surface area contributed by atoms with Crippen molar-refractivity contribution in [3.8, 4) is 0 Å². The zero-order valence-corrected chi connectivity index (χ0v) is 15.6. The number of nitrogens with one attached hydrogen (secondary N) is 1. The lowest BCUT2D eigenvalue weighted by molar-refractivity contribution is 0.0585. The Morgan fingerprint density at radius 1 is 1.20 bits per heavy atom. The summed E-state index contributed by atoms with van der Waals surface area (Å²) in [5.41, 5.74) is 0.819. The van der Waals surface area contributed by atoms with E-state index in [9.17, 15) is 4.79 Å². The van der Waals surface area contributed by atoms with Gasteiger partial charge in [0.15, 0.2) is 0 Å². The van der Waals surface area contributed by atoms with Gasteiger partial charge in [-0.05, 0) is 69.8 Å². The van der Waals surface area contributed by atoms with E-state index in [0.29, 0.717) is 6.04 Å². The van der Waals surface area contributed by atoms with Gasteiger partial charge in [-0.3, -0.25) is 9.69 Å². The summed E-state index contributed by atoms with van der Waals surface area (Å²) in [4.78, 5) is 17.4. The third kappa shape index (κ3) is 5.05. The molecule has 138 valence electrons. The summed E-state index contributed by atoms with van der Waals surface area (Å²) in [5.74, 6) is 0.988. The fourth-order valence-electron chi connectivity index (χ4n) is 4.32. The van der Waals surface area contributed by atoms with Crippen molar-refractivity contribution in [2.75, 3.05) is 39.3 Å². The standard InChI is InChI=1S/C21H33N3O/c1-2-13-24(17-18-7-6-12-22-16-18)20-10-14-23(15-11-20)21(25)19-8-4-3-5-9-19/h3-5,8-9,18,20,22H,2,6-7,10-17H2,1H3. The molecule has 3 rings (SSSR count). The minimum atomic E-state index is 0.192. The summed E-state index contributed by atoms with van der Waals surface area (Å²) in [6.45, 7) is 8.82. The number of likely N-dealkylation sites (tertiary alicyclic amines) is 1. The summed E-state index contributed by atoms with van der Waals surface area (Å²) < 4.78 is 0. The predicted octanol–water partition coefficient (Wildman–Crippen LogP) is 3.00. The maximum atomic E-state index is 12.6. The van der Waals surface area contributed by atoms with Crippen LogP contribution >= 0.6 is 0 Å². The molecule has 1 atom stereocenters. The zero-order chi connectivity index (χ0) is 17.5. The quantitative estimate of drug-likeness (QED) is 0.862. The SMILES string of the molecule is CCCN(CC1CCCNC1)C1CCN(C(=O)c2ccccc2)CC1. The molecule has 1 unspecified atom stereocenters. The Kier molecular flexibility index (Phi) is 6.88. The van der Waals surface area contributed by atoms with Crippen molar-refractivity contribution in [3.05, 3.63) is 35.9 Å². The second-order valence-corrected chi connectivity index (χ2v) is 7.60. The van der Waals surface area contributed by atoms with Crippen molar-refractivity contribution in [2.45, 2.75) is 45.1 Å². The Balaban J connectivity index is 1.52. The second kappa shape index (κ2) is 9.35. The van der Waals surface area contributed by atoms with Crippen molar-refractivity contribution in [1.82, 2.24) is 15.1 Å². The lowest BCUT2D eigenvalue weighted by atomic mass is 9.96. The van der Waals surface area contributed by atoms with Gasteiger partial charge in [0.2, 0.25) is 0 Å². The summed E-state index contributed by atoms with van der Waals surface area (Å²) in [7, 11) is 0. The number of rotatable bonds is 6. The average molecular weight is 344 g/mol. The van der Waals surface area contributed by atoms with E-state index in [-0.39, 0.29) is 5.91 Å². The molecule has 2 aliphatic heterocycles. The van der Waals surface area contributed by atoms with Crippen LogP contribution in [0.4, 0.5) is 0 Å². The monoisotopic (exact) mass is 343 g/mol. The van der Waals surface area contributed by atoms with Crippen LogP contribution < -0.4 is 5.32 Å². The van der Waals surface area contributed by atoms with E-state index >= 15 is 0 Å². The topological polar surface area (TPSA) is 35.6 Å². The van der Waals surface area contributed by atoms with Crippen molar-refractivity contribution >= 4 is 5.91 Å². The van der Waals surface area contributed by atoms with E-state index < -0.39 is 0 Å². The summed E-state index contributed by atoms with van der Waals surface area (Å²) >= 11 is 0. The predicted molar refractivity (Wildman–Crippen MR) is 103 cm³/mol. The smallest absolute Gasteiger partial charge is 0.253 e. The van der Waals surface area contributed by atoms with Gasteiger partial charge in [0.25, 0.3) is 5.91 Å². The summed E-state index contributed by atoms with van der Waals surface area (Å²) in [6.07, 6.45) is 6.11. The number of hydrogen-bond donors (Lipinski definition) is 1. The third-order valence-electron chi connectivity index (χ3n) is 5.69. The molecule has 1 amide bonds. The Morgan fingerprint density at radius 2 is 1.96 bits per heavy atom. The molecule has 4 nitrogen and oxygen atoms in total. The molecule has 0 radical (unpaired) electrons. The first-order valence-electron chi connectivity index (χ1n) is 10.1. The molecule has 1 aromatic carbocycles. The maximum Gasteiger partial charge on any atom is 0.253 e. The lowest BCUT2D eigenvalue weighted by Gasteiger charge is -2.40. The Morgan fingerprint density at radius 3 is 2.60 bits per heavy atom. The highest BCUT2D eigenvalue weighted by Gasteiger charge is 2.28. The van der Waals surface area contributed by atoms with Gasteiger partial charge in [-0.2, -0.15) is 0 Å². The molecule has 0 saturated carbocycles. The van der Waals surface area contributed by atoms with Crippen LogP contribution in [0.1, 0.15) is 49.4 Å². The van der Waals surface area contributed by atoms with Crippen LogP contribution in [0.15, 0.2) is 30.3 Å². The van der Waals surface area contributed by atoms with Gasteiger partial charge in [-0.25, -0.2) is 0 Å². The van der Waals surface area contributed by atoms with Crippen LogP contribution in [0.5, 0.6) is 0 Å². The number of carbonyl (C=O) groups excluding carboxylic acids is 1. The highest BCUT2D eigenvalue weighted by atomic mass is 16.2. The normalized spacial score (nSPS) is 22.3. The molecule has 2 saturated heterocycles. The highest BCUT2D eigenvalue weighted by molar-refractivity contribution is 5.94. The minimum Gasteiger partial charge on any atom is -0.339 e. The van der Waals surface area contributed by atoms with Gasteiger partial charge in [0.05, 0.1) is 0 Å². The molecule has 25 heavy (non-hydrogen) atoms. The lowest BCUT2D eigenvalue weighted by Crippen LogP contribution is -2.49. The van der Waals surface area contributed by atoms with Crippen molar-refractivity contribution in [3.63, 3.8) is 0 Å². The maximum absolute atomic E-state index is 12.6. The first-order valence-corrected chi connectivity index (χ1v) is 10.1. The number of carbonyl (C=O) groups is 1. The van der Waals surface area contributed by atoms with Crippen LogP contribution in [-0.2, 0) is 0 Å². The molecule has 2 heterocycles. The number of nitrogens with zero attached hydrogens (tertiary/aromatic N) is 2. The van der Waals surface area contributed by atoms with Crippen LogP contribution in [0.2, 0.25) is 0 Å². The van der Waals surface area contributed by atoms with E-state index in [2.05, 4.69) is 17.1 Å². The van der Waals surface area contributed by atoms with E-state index in [1.807, 2.05) is 35.2 Å². The van der Waals surface area contributed by atoms with Crippen LogP contribution in [-0.4, -0.2) is 61.0 Å². The average Bonchev–Trinajstić information content (AvgIpc) is 2.69. The van der Waals surface area contributed by atoms with Crippen molar-refractivity contribution in [1.29, 1.82) is 0 Å². The molecular weight excluding hydrogens is 310 g/mol. The van der Waals surface area contributed by atoms with Gasteiger partial charge in [0.1, 0.15) is 0 Å². The van der Waals surface area contributed by atoms with Crippen LogP contribution in [0.3, 0.4) is 0 Å². The summed E-state index contributed by atoms with van der Waals surface area (Å²) in [5, 5.41) is 3.55. The number of amides is 1. The van der Waals surface area contributed by atoms with Gasteiger partial charge >= 0.3 is 0 Å². The Labute approximate surface area is 152 Å².